The van der Waals surface area contributed by atoms with Crippen molar-refractivity contribution in [1.82, 2.24) is 0 Å². The first kappa shape index (κ1) is 18.1. The lowest BCUT2D eigenvalue weighted by Crippen LogP contribution is -2.17. The molecule has 0 heterocycles. The van der Waals surface area contributed by atoms with Gasteiger partial charge in [-0.25, -0.2) is 0 Å². The highest BCUT2D eigenvalue weighted by Crippen LogP contribution is 2.32. The Hall–Kier alpha value is -0.990. The van der Waals surface area contributed by atoms with Crippen LogP contribution in [0.3, 0.4) is 0 Å². The highest BCUT2D eigenvalue weighted by atomic mass is 79.9. The molecule has 0 bridgehead atoms. The second-order valence-electron chi connectivity index (χ2n) is 4.08. The molecule has 0 fully saturated rings. The van der Waals surface area contributed by atoms with Crippen LogP contribution in [0.2, 0.25) is 0 Å². The van der Waals surface area contributed by atoms with Crippen molar-refractivity contribution in [2.45, 2.75) is 12.8 Å². The summed E-state index contributed by atoms with van der Waals surface area (Å²) >= 11 is 3.04. The van der Waals surface area contributed by atoms with Crippen LogP contribution < -0.4 is 10.1 Å². The smallest absolute Gasteiger partial charge is 0.405 e. The van der Waals surface area contributed by atoms with Crippen LogP contribution in [0.4, 0.5) is 18.9 Å². The van der Waals surface area contributed by atoms with Gasteiger partial charge in [0.2, 0.25) is 0 Å². The molecular weight excluding hydrogens is 355 g/mol. The Morgan fingerprint density at radius 2 is 1.95 bits per heavy atom. The van der Waals surface area contributed by atoms with Gasteiger partial charge in [-0.15, -0.1) is 13.2 Å². The quantitative estimate of drug-likeness (QED) is 0.670. The Morgan fingerprint density at radius 1 is 1.19 bits per heavy atom. The van der Waals surface area contributed by atoms with Crippen molar-refractivity contribution in [2.75, 3.05) is 38.8 Å². The van der Waals surface area contributed by atoms with E-state index in [4.69, 9.17) is 9.47 Å². The first-order valence-corrected chi connectivity index (χ1v) is 7.07. The van der Waals surface area contributed by atoms with E-state index in [1.165, 1.54) is 18.2 Å². The maximum absolute atomic E-state index is 12.1. The van der Waals surface area contributed by atoms with E-state index in [-0.39, 0.29) is 10.2 Å². The van der Waals surface area contributed by atoms with Crippen LogP contribution in [0.5, 0.6) is 5.75 Å². The van der Waals surface area contributed by atoms with E-state index in [9.17, 15) is 13.2 Å². The molecule has 0 saturated carbocycles. The van der Waals surface area contributed by atoms with Gasteiger partial charge in [-0.3, -0.25) is 0 Å². The zero-order valence-corrected chi connectivity index (χ0v) is 13.1. The van der Waals surface area contributed by atoms with Crippen LogP contribution in [0.15, 0.2) is 22.7 Å². The molecule has 1 aromatic rings. The molecule has 0 aromatic heterocycles. The number of rotatable bonds is 9. The molecule has 8 heteroatoms. The summed E-state index contributed by atoms with van der Waals surface area (Å²) in [5, 5.41) is 3.04. The molecule has 1 N–H and O–H groups in total. The number of nitrogens with one attached hydrogen (secondary N) is 1. The third kappa shape index (κ3) is 8.13. The number of anilines is 1. The van der Waals surface area contributed by atoms with Gasteiger partial charge in [-0.2, -0.15) is 0 Å². The zero-order valence-electron chi connectivity index (χ0n) is 11.5. The number of alkyl halides is 3. The minimum atomic E-state index is -4.70. The van der Waals surface area contributed by atoms with Crippen molar-refractivity contribution in [2.24, 2.45) is 0 Å². The molecular formula is C13H17BrF3NO3. The Labute approximate surface area is 129 Å². The fourth-order valence-corrected chi connectivity index (χ4v) is 1.95. The molecule has 0 aliphatic carbocycles. The molecule has 0 radical (unpaired) electrons. The van der Waals surface area contributed by atoms with Crippen molar-refractivity contribution in [3.8, 4) is 5.75 Å². The number of methoxy groups -OCH3 is 1. The van der Waals surface area contributed by atoms with Gasteiger partial charge >= 0.3 is 6.36 Å². The van der Waals surface area contributed by atoms with Crippen molar-refractivity contribution < 1.29 is 27.4 Å². The van der Waals surface area contributed by atoms with Crippen LogP contribution in [-0.2, 0) is 9.47 Å². The van der Waals surface area contributed by atoms with E-state index in [1.807, 2.05) is 0 Å². The molecule has 120 valence electrons. The zero-order chi connectivity index (χ0) is 15.7. The summed E-state index contributed by atoms with van der Waals surface area (Å²) in [5.41, 5.74) is 0.678. The molecule has 4 nitrogen and oxygen atoms in total. The SMILES string of the molecule is COCCCOCCNc1ccc(OC(F)(F)F)c(Br)c1. The number of hydrogen-bond acceptors (Lipinski definition) is 4. The van der Waals surface area contributed by atoms with Crippen LogP contribution in [0.25, 0.3) is 0 Å². The van der Waals surface area contributed by atoms with Gasteiger partial charge in [0.15, 0.2) is 0 Å². The lowest BCUT2D eigenvalue weighted by Gasteiger charge is -2.12. The maximum Gasteiger partial charge on any atom is 0.573 e. The molecule has 0 spiro atoms. The maximum atomic E-state index is 12.1. The summed E-state index contributed by atoms with van der Waals surface area (Å²) in [6.07, 6.45) is -3.88. The summed E-state index contributed by atoms with van der Waals surface area (Å²) in [6.45, 7) is 2.32. The normalized spacial score (nSPS) is 11.5. The average molecular weight is 372 g/mol. The standard InChI is InChI=1S/C13H17BrF3NO3/c1-19-6-2-7-20-8-5-18-10-3-4-12(11(14)9-10)21-13(15,16)17/h3-4,9,18H,2,5-8H2,1H3. The second kappa shape index (κ2) is 9.11. The Morgan fingerprint density at radius 3 is 2.57 bits per heavy atom. The molecule has 0 aliphatic heterocycles. The third-order valence-corrected chi connectivity index (χ3v) is 2.99. The minimum Gasteiger partial charge on any atom is -0.405 e. The van der Waals surface area contributed by atoms with Crippen LogP contribution in [0, 0.1) is 0 Å². The first-order chi connectivity index (χ1) is 9.92. The van der Waals surface area contributed by atoms with Gasteiger partial charge in [0.05, 0.1) is 11.1 Å². The van der Waals surface area contributed by atoms with Crippen molar-refractivity contribution in [3.63, 3.8) is 0 Å². The average Bonchev–Trinajstić information content (AvgIpc) is 2.39. The first-order valence-electron chi connectivity index (χ1n) is 6.28. The lowest BCUT2D eigenvalue weighted by molar-refractivity contribution is -0.274. The van der Waals surface area contributed by atoms with Crippen molar-refractivity contribution >= 4 is 21.6 Å². The van der Waals surface area contributed by atoms with E-state index in [2.05, 4.69) is 26.0 Å². The van der Waals surface area contributed by atoms with E-state index >= 15 is 0 Å². The summed E-state index contributed by atoms with van der Waals surface area (Å²) in [5.74, 6) is -0.274. The predicted molar refractivity (Wildman–Crippen MR) is 76.6 cm³/mol. The highest BCUT2D eigenvalue weighted by Gasteiger charge is 2.31. The Kier molecular flexibility index (Phi) is 7.84. The summed E-state index contributed by atoms with van der Waals surface area (Å²) in [6, 6.07) is 4.28. The molecule has 0 atom stereocenters. The van der Waals surface area contributed by atoms with Gasteiger partial charge in [-0.05, 0) is 40.5 Å². The number of benzene rings is 1. The number of ether oxygens (including phenoxy) is 3. The largest absolute Gasteiger partial charge is 0.573 e. The third-order valence-electron chi connectivity index (χ3n) is 2.37. The van der Waals surface area contributed by atoms with E-state index in [0.29, 0.717) is 32.1 Å². The topological polar surface area (TPSA) is 39.7 Å². The van der Waals surface area contributed by atoms with Gasteiger partial charge in [0.1, 0.15) is 5.75 Å². The van der Waals surface area contributed by atoms with Crippen molar-refractivity contribution in [3.05, 3.63) is 22.7 Å². The van der Waals surface area contributed by atoms with Crippen LogP contribution in [0.1, 0.15) is 6.42 Å². The minimum absolute atomic E-state index is 0.228. The van der Waals surface area contributed by atoms with Gasteiger partial charge < -0.3 is 19.5 Å². The van der Waals surface area contributed by atoms with Crippen molar-refractivity contribution in [1.29, 1.82) is 0 Å². The van der Waals surface area contributed by atoms with Crippen LogP contribution >= 0.6 is 15.9 Å². The molecule has 0 unspecified atom stereocenters. The summed E-state index contributed by atoms with van der Waals surface area (Å²) in [7, 11) is 1.63. The molecule has 1 aromatic carbocycles. The second-order valence-corrected chi connectivity index (χ2v) is 4.93. The summed E-state index contributed by atoms with van der Waals surface area (Å²) < 4.78 is 50.7. The number of hydrogen-bond donors (Lipinski definition) is 1. The molecule has 0 saturated heterocycles. The molecule has 21 heavy (non-hydrogen) atoms. The van der Waals surface area contributed by atoms with E-state index in [1.54, 1.807) is 7.11 Å². The summed E-state index contributed by atoms with van der Waals surface area (Å²) in [4.78, 5) is 0. The van der Waals surface area contributed by atoms with Gasteiger partial charge in [0.25, 0.3) is 0 Å². The molecule has 0 aliphatic rings. The van der Waals surface area contributed by atoms with Gasteiger partial charge in [-0.1, -0.05) is 0 Å². The van der Waals surface area contributed by atoms with E-state index in [0.717, 1.165) is 6.42 Å². The molecule has 0 amide bonds. The Bertz CT molecular complexity index is 430. The fourth-order valence-electron chi connectivity index (χ4n) is 1.49. The highest BCUT2D eigenvalue weighted by molar-refractivity contribution is 9.10. The Balaban J connectivity index is 2.32. The van der Waals surface area contributed by atoms with E-state index < -0.39 is 6.36 Å². The number of halogens is 4. The van der Waals surface area contributed by atoms with Crippen LogP contribution in [-0.4, -0.2) is 39.8 Å². The monoisotopic (exact) mass is 371 g/mol. The van der Waals surface area contributed by atoms with Gasteiger partial charge in [0, 0.05) is 32.6 Å². The predicted octanol–water partition coefficient (Wildman–Crippen LogP) is 3.81. The fraction of sp³-hybridized carbons (Fsp3) is 0.538. The lowest BCUT2D eigenvalue weighted by atomic mass is 10.3. The molecule has 1 rings (SSSR count).